The number of nitrogens with two attached hydrogens (primary N) is 1. The smallest absolute Gasteiger partial charge is 0.348 e. The molecule has 0 amide bonds. The lowest BCUT2D eigenvalue weighted by molar-refractivity contribution is 0.798. The Hall–Kier alpha value is -2.64. The molecule has 0 spiro atoms. The van der Waals surface area contributed by atoms with Crippen LogP contribution in [0.3, 0.4) is 0 Å². The normalized spacial score (nSPS) is 11.2. The second-order valence-corrected chi connectivity index (χ2v) is 4.00. The number of rotatable bonds is 1. The maximum absolute atomic E-state index is 11.3. The van der Waals surface area contributed by atoms with Gasteiger partial charge in [-0.2, -0.15) is 10.2 Å². The zero-order valence-electron chi connectivity index (χ0n) is 9.88. The van der Waals surface area contributed by atoms with Crippen molar-refractivity contribution in [2.24, 2.45) is 0 Å². The van der Waals surface area contributed by atoms with Gasteiger partial charge in [0.05, 0.1) is 17.1 Å². The van der Waals surface area contributed by atoms with Gasteiger partial charge in [-0.1, -0.05) is 0 Å². The molecule has 0 atom stereocenters. The van der Waals surface area contributed by atoms with E-state index in [0.717, 1.165) is 11.4 Å². The van der Waals surface area contributed by atoms with E-state index in [1.165, 1.54) is 10.7 Å². The third kappa shape index (κ3) is 1.32. The van der Waals surface area contributed by atoms with Crippen molar-refractivity contribution in [3.63, 3.8) is 0 Å². The van der Waals surface area contributed by atoms with Crippen molar-refractivity contribution in [3.05, 3.63) is 34.3 Å². The van der Waals surface area contributed by atoms with Gasteiger partial charge in [-0.15, -0.1) is 0 Å². The van der Waals surface area contributed by atoms with Gasteiger partial charge < -0.3 is 5.73 Å². The average Bonchev–Trinajstić information content (AvgIpc) is 2.85. The predicted octanol–water partition coefficient (Wildman–Crippen LogP) is -0.198. The van der Waals surface area contributed by atoms with Crippen LogP contribution in [0, 0.1) is 13.8 Å². The van der Waals surface area contributed by atoms with Crippen LogP contribution in [-0.2, 0) is 0 Å². The summed E-state index contributed by atoms with van der Waals surface area (Å²) in [5.41, 5.74) is 8.22. The monoisotopic (exact) mass is 245 g/mol. The van der Waals surface area contributed by atoms with Crippen LogP contribution in [-0.4, -0.2) is 29.4 Å². The molecule has 0 aliphatic carbocycles. The summed E-state index contributed by atoms with van der Waals surface area (Å²) >= 11 is 0. The Morgan fingerprint density at radius 2 is 2.17 bits per heavy atom. The lowest BCUT2D eigenvalue weighted by atomic mass is 10.3. The number of aromatic amines is 1. The molecule has 0 aromatic carbocycles. The van der Waals surface area contributed by atoms with E-state index in [1.54, 1.807) is 10.7 Å². The van der Waals surface area contributed by atoms with Gasteiger partial charge in [-0.05, 0) is 13.8 Å². The number of nitrogens with one attached hydrogen (secondary N) is 1. The number of H-pyrrole nitrogens is 1. The minimum absolute atomic E-state index is 0.322. The molecule has 8 heteroatoms. The number of hydrogen-bond donors (Lipinski definition) is 2. The Bertz CT molecular complexity index is 794. The Labute approximate surface area is 101 Å². The topological polar surface area (TPSA) is 107 Å². The Kier molecular flexibility index (Phi) is 2.00. The van der Waals surface area contributed by atoms with E-state index in [1.807, 2.05) is 13.8 Å². The fraction of sp³-hybridized carbons (Fsp3) is 0.200. The van der Waals surface area contributed by atoms with E-state index in [-0.39, 0.29) is 5.69 Å². The number of hydrogen-bond acceptors (Lipinski definition) is 5. The molecule has 0 saturated carbocycles. The summed E-state index contributed by atoms with van der Waals surface area (Å²) in [6, 6.07) is 1.66. The van der Waals surface area contributed by atoms with Crippen molar-refractivity contribution < 1.29 is 0 Å². The zero-order valence-corrected chi connectivity index (χ0v) is 9.88. The maximum Gasteiger partial charge on any atom is 0.348 e. The summed E-state index contributed by atoms with van der Waals surface area (Å²) in [5, 5.41) is 10.5. The first-order valence-corrected chi connectivity index (χ1v) is 5.33. The Balaban J connectivity index is 2.25. The average molecular weight is 245 g/mol. The van der Waals surface area contributed by atoms with E-state index >= 15 is 0 Å². The zero-order chi connectivity index (χ0) is 12.9. The molecule has 3 rings (SSSR count). The highest BCUT2D eigenvalue weighted by molar-refractivity contribution is 5.51. The Morgan fingerprint density at radius 1 is 1.39 bits per heavy atom. The maximum atomic E-state index is 11.3. The summed E-state index contributed by atoms with van der Waals surface area (Å²) in [7, 11) is 0. The molecule has 0 bridgehead atoms. The van der Waals surface area contributed by atoms with Gasteiger partial charge in [-0.25, -0.2) is 24.0 Å². The summed E-state index contributed by atoms with van der Waals surface area (Å²) in [6.07, 6.45) is 1.41. The van der Waals surface area contributed by atoms with E-state index < -0.39 is 0 Å². The summed E-state index contributed by atoms with van der Waals surface area (Å²) in [4.78, 5) is 15.5. The number of aromatic nitrogens is 6. The van der Waals surface area contributed by atoms with Crippen LogP contribution in [0.25, 0.3) is 11.5 Å². The van der Waals surface area contributed by atoms with Crippen LogP contribution in [0.2, 0.25) is 0 Å². The molecule has 18 heavy (non-hydrogen) atoms. The van der Waals surface area contributed by atoms with Gasteiger partial charge in [0.15, 0.2) is 11.5 Å². The number of aryl methyl sites for hydroxylation is 1. The summed E-state index contributed by atoms with van der Waals surface area (Å²) in [5.74, 6) is 0.568. The van der Waals surface area contributed by atoms with E-state index in [2.05, 4.69) is 20.3 Å². The standard InChI is InChI=1S/C10H11N7O/c1-5-9(11)6(2)17(15-5)7-3-8-13-14-10(18)16(8)4-12-7/h3-4H,11H2,1-2H3,(H,14,18). The molecule has 0 fully saturated rings. The third-order valence-corrected chi connectivity index (χ3v) is 2.86. The van der Waals surface area contributed by atoms with Crippen molar-refractivity contribution in [1.29, 1.82) is 0 Å². The first-order valence-electron chi connectivity index (χ1n) is 5.33. The molecule has 92 valence electrons. The SMILES string of the molecule is Cc1nn(-c2cc3n[nH]c(=O)n3cn2)c(C)c1N. The van der Waals surface area contributed by atoms with Crippen LogP contribution in [0.15, 0.2) is 17.2 Å². The van der Waals surface area contributed by atoms with Crippen LogP contribution in [0.4, 0.5) is 5.69 Å². The van der Waals surface area contributed by atoms with E-state index in [4.69, 9.17) is 5.73 Å². The second-order valence-electron chi connectivity index (χ2n) is 4.00. The fourth-order valence-electron chi connectivity index (χ4n) is 1.79. The van der Waals surface area contributed by atoms with Crippen LogP contribution >= 0.6 is 0 Å². The molecule has 0 aliphatic rings. The van der Waals surface area contributed by atoms with Gasteiger partial charge in [-0.3, -0.25) is 0 Å². The van der Waals surface area contributed by atoms with Crippen LogP contribution < -0.4 is 11.4 Å². The molecule has 0 unspecified atom stereocenters. The van der Waals surface area contributed by atoms with Crippen LogP contribution in [0.5, 0.6) is 0 Å². The molecule has 0 aliphatic heterocycles. The molecular weight excluding hydrogens is 234 g/mol. The molecule has 3 heterocycles. The van der Waals surface area contributed by atoms with Gasteiger partial charge >= 0.3 is 5.69 Å². The first-order chi connectivity index (χ1) is 8.58. The number of anilines is 1. The largest absolute Gasteiger partial charge is 0.396 e. The van der Waals surface area contributed by atoms with E-state index in [9.17, 15) is 4.79 Å². The van der Waals surface area contributed by atoms with Gasteiger partial charge in [0.1, 0.15) is 6.33 Å². The van der Waals surface area contributed by atoms with Gasteiger partial charge in [0.2, 0.25) is 0 Å². The van der Waals surface area contributed by atoms with Crippen molar-refractivity contribution in [2.45, 2.75) is 13.8 Å². The van der Waals surface area contributed by atoms with Crippen molar-refractivity contribution in [3.8, 4) is 5.82 Å². The fourth-order valence-corrected chi connectivity index (χ4v) is 1.79. The number of nitrogen functional groups attached to an aromatic ring is 1. The Morgan fingerprint density at radius 3 is 2.83 bits per heavy atom. The lowest BCUT2D eigenvalue weighted by Gasteiger charge is -2.02. The second kappa shape index (κ2) is 3.42. The molecule has 3 N–H and O–H groups in total. The van der Waals surface area contributed by atoms with Gasteiger partial charge in [0, 0.05) is 6.07 Å². The third-order valence-electron chi connectivity index (χ3n) is 2.86. The van der Waals surface area contributed by atoms with Crippen molar-refractivity contribution in [2.75, 3.05) is 5.73 Å². The highest BCUT2D eigenvalue weighted by Gasteiger charge is 2.12. The lowest BCUT2D eigenvalue weighted by Crippen LogP contribution is -2.11. The molecule has 3 aromatic rings. The van der Waals surface area contributed by atoms with Crippen molar-refractivity contribution >= 4 is 11.3 Å². The molecule has 0 radical (unpaired) electrons. The number of nitrogens with zero attached hydrogens (tertiary/aromatic N) is 5. The van der Waals surface area contributed by atoms with E-state index in [0.29, 0.717) is 17.2 Å². The van der Waals surface area contributed by atoms with Gasteiger partial charge in [0.25, 0.3) is 0 Å². The highest BCUT2D eigenvalue weighted by Crippen LogP contribution is 2.18. The summed E-state index contributed by atoms with van der Waals surface area (Å²) in [6.45, 7) is 3.69. The first kappa shape index (κ1) is 10.5. The molecular formula is C10H11N7O. The highest BCUT2D eigenvalue weighted by atomic mass is 16.1. The van der Waals surface area contributed by atoms with Crippen LogP contribution in [0.1, 0.15) is 11.4 Å². The minimum Gasteiger partial charge on any atom is -0.396 e. The number of fused-ring (bicyclic) bond motifs is 1. The molecule has 8 nitrogen and oxygen atoms in total. The minimum atomic E-state index is -0.322. The predicted molar refractivity (Wildman–Crippen MR) is 64.6 cm³/mol. The quantitative estimate of drug-likeness (QED) is 0.617. The molecule has 3 aromatic heterocycles. The van der Waals surface area contributed by atoms with Crippen molar-refractivity contribution in [1.82, 2.24) is 29.4 Å². The molecule has 0 saturated heterocycles. The summed E-state index contributed by atoms with van der Waals surface area (Å²) < 4.78 is 2.95.